The summed E-state index contributed by atoms with van der Waals surface area (Å²) in [6.07, 6.45) is 0. The largest absolute Gasteiger partial charge is 0.499 e. The van der Waals surface area contributed by atoms with E-state index in [9.17, 15) is 5.11 Å². The molecule has 2 nitrogen and oxygen atoms in total. The van der Waals surface area contributed by atoms with Gasteiger partial charge in [-0.15, -0.1) is 0 Å². The number of hydrogen-bond acceptors (Lipinski definition) is 3. The molecule has 3 heteroatoms. The zero-order valence-electron chi connectivity index (χ0n) is 7.24. The maximum absolute atomic E-state index is 9.34. The fraction of sp³-hybridized carbons (Fsp3) is 0.200. The molecule has 1 aromatic heterocycles. The maximum atomic E-state index is 9.34. The molecule has 0 atom stereocenters. The Labute approximate surface area is 80.1 Å². The summed E-state index contributed by atoms with van der Waals surface area (Å²) < 4.78 is 1.06. The van der Waals surface area contributed by atoms with E-state index in [0.29, 0.717) is 5.06 Å². The Hall–Kier alpha value is -1.06. The summed E-state index contributed by atoms with van der Waals surface area (Å²) >= 11 is 1.35. The van der Waals surface area contributed by atoms with Gasteiger partial charge in [-0.25, -0.2) is 0 Å². The number of aryl methyl sites for hydroxylation is 1. The van der Waals surface area contributed by atoms with Crippen LogP contribution >= 0.6 is 11.3 Å². The van der Waals surface area contributed by atoms with Gasteiger partial charge in [0.25, 0.3) is 0 Å². The van der Waals surface area contributed by atoms with E-state index in [4.69, 9.17) is 5.11 Å². The van der Waals surface area contributed by atoms with Gasteiger partial charge in [-0.2, -0.15) is 0 Å². The number of thiophene rings is 1. The van der Waals surface area contributed by atoms with Gasteiger partial charge in [-0.05, 0) is 24.1 Å². The summed E-state index contributed by atoms with van der Waals surface area (Å²) in [6.45, 7) is 2.02. The lowest BCUT2D eigenvalue weighted by molar-refractivity contribution is 0.283. The molecule has 2 aromatic rings. The first-order valence-corrected chi connectivity index (χ1v) is 4.86. The van der Waals surface area contributed by atoms with Crippen molar-refractivity contribution in [3.05, 3.63) is 29.3 Å². The number of rotatable bonds is 1. The first-order valence-electron chi connectivity index (χ1n) is 4.04. The molecular weight excluding hydrogens is 184 g/mol. The summed E-state index contributed by atoms with van der Waals surface area (Å²) in [5, 5.41) is 19.7. The van der Waals surface area contributed by atoms with Crippen LogP contribution in [0.3, 0.4) is 0 Å². The van der Waals surface area contributed by atoms with E-state index in [1.165, 1.54) is 11.3 Å². The highest BCUT2D eigenvalue weighted by Gasteiger charge is 2.06. The van der Waals surface area contributed by atoms with Crippen molar-refractivity contribution >= 4 is 21.4 Å². The van der Waals surface area contributed by atoms with Gasteiger partial charge in [0.05, 0.1) is 6.61 Å². The average Bonchev–Trinajstić information content (AvgIpc) is 2.48. The number of aliphatic hydroxyl groups is 1. The third kappa shape index (κ3) is 1.30. The van der Waals surface area contributed by atoms with Gasteiger partial charge in [0.1, 0.15) is 0 Å². The van der Waals surface area contributed by atoms with Gasteiger partial charge >= 0.3 is 0 Å². The molecule has 0 bridgehead atoms. The highest BCUT2D eigenvalue weighted by Crippen LogP contribution is 2.34. The van der Waals surface area contributed by atoms with Crippen LogP contribution in [-0.4, -0.2) is 10.2 Å². The molecule has 0 aliphatic heterocycles. The number of fused-ring (bicyclic) bond motifs is 1. The number of hydrogen-bond donors (Lipinski definition) is 2. The van der Waals surface area contributed by atoms with Crippen LogP contribution in [0.5, 0.6) is 5.06 Å². The summed E-state index contributed by atoms with van der Waals surface area (Å²) in [7, 11) is 0. The lowest BCUT2D eigenvalue weighted by Crippen LogP contribution is -1.84. The van der Waals surface area contributed by atoms with E-state index in [1.54, 1.807) is 6.07 Å². The summed E-state index contributed by atoms with van der Waals surface area (Å²) in [6, 6.07) is 5.56. The minimum Gasteiger partial charge on any atom is -0.499 e. The van der Waals surface area contributed by atoms with E-state index >= 15 is 0 Å². The second-order valence-corrected chi connectivity index (χ2v) is 4.06. The molecule has 0 aliphatic carbocycles. The summed E-state index contributed by atoms with van der Waals surface area (Å²) in [4.78, 5) is 0. The molecule has 1 aromatic carbocycles. The lowest BCUT2D eigenvalue weighted by Gasteiger charge is -2.00. The van der Waals surface area contributed by atoms with Gasteiger partial charge in [-0.3, -0.25) is 0 Å². The Bertz CT molecular complexity index is 445. The Balaban J connectivity index is 2.83. The molecule has 0 radical (unpaired) electrons. The minimum absolute atomic E-state index is 0.0208. The molecule has 0 fully saturated rings. The summed E-state index contributed by atoms with van der Waals surface area (Å²) in [5.74, 6) is 0. The number of aromatic hydroxyl groups is 1. The molecule has 0 saturated heterocycles. The van der Waals surface area contributed by atoms with Crippen molar-refractivity contribution in [3.8, 4) is 5.06 Å². The first kappa shape index (κ1) is 8.53. The SMILES string of the molecule is Cc1ccc(CO)c2cc(O)sc12. The van der Waals surface area contributed by atoms with Gasteiger partial charge in [0.15, 0.2) is 5.06 Å². The van der Waals surface area contributed by atoms with Crippen molar-refractivity contribution in [3.63, 3.8) is 0 Å². The van der Waals surface area contributed by atoms with Crippen LogP contribution in [0.4, 0.5) is 0 Å². The van der Waals surface area contributed by atoms with Crippen LogP contribution in [-0.2, 0) is 6.61 Å². The Morgan fingerprint density at radius 3 is 2.85 bits per heavy atom. The first-order chi connectivity index (χ1) is 6.22. The molecule has 2 rings (SSSR count). The van der Waals surface area contributed by atoms with Crippen molar-refractivity contribution in [1.29, 1.82) is 0 Å². The van der Waals surface area contributed by atoms with Crippen LogP contribution in [0.1, 0.15) is 11.1 Å². The van der Waals surface area contributed by atoms with E-state index in [1.807, 2.05) is 19.1 Å². The molecule has 0 amide bonds. The molecule has 2 N–H and O–H groups in total. The Morgan fingerprint density at radius 2 is 2.15 bits per heavy atom. The third-order valence-corrected chi connectivity index (χ3v) is 3.20. The Morgan fingerprint density at radius 1 is 1.38 bits per heavy atom. The van der Waals surface area contributed by atoms with Gasteiger partial charge in [0.2, 0.25) is 0 Å². The number of aliphatic hydroxyl groups excluding tert-OH is 1. The predicted molar refractivity (Wildman–Crippen MR) is 54.1 cm³/mol. The molecule has 1 heterocycles. The predicted octanol–water partition coefficient (Wildman–Crippen LogP) is 2.41. The van der Waals surface area contributed by atoms with E-state index in [2.05, 4.69) is 0 Å². The molecule has 13 heavy (non-hydrogen) atoms. The topological polar surface area (TPSA) is 40.5 Å². The second kappa shape index (κ2) is 3.01. The second-order valence-electron chi connectivity index (χ2n) is 3.03. The van der Waals surface area contributed by atoms with Crippen LogP contribution in [0.25, 0.3) is 10.1 Å². The number of benzene rings is 1. The minimum atomic E-state index is 0.0208. The van der Waals surface area contributed by atoms with E-state index < -0.39 is 0 Å². The van der Waals surface area contributed by atoms with Crippen molar-refractivity contribution in [2.45, 2.75) is 13.5 Å². The van der Waals surface area contributed by atoms with E-state index in [0.717, 1.165) is 21.2 Å². The standard InChI is InChI=1S/C10H10O2S/c1-6-2-3-7(5-11)8-4-9(12)13-10(6)8/h2-4,11-12H,5H2,1H3. The summed E-state index contributed by atoms with van der Waals surface area (Å²) in [5.41, 5.74) is 2.01. The van der Waals surface area contributed by atoms with Crippen molar-refractivity contribution < 1.29 is 10.2 Å². The van der Waals surface area contributed by atoms with Crippen LogP contribution in [0, 0.1) is 6.92 Å². The van der Waals surface area contributed by atoms with Crippen LogP contribution in [0.15, 0.2) is 18.2 Å². The highest BCUT2D eigenvalue weighted by atomic mass is 32.1. The van der Waals surface area contributed by atoms with Crippen molar-refractivity contribution in [2.24, 2.45) is 0 Å². The quantitative estimate of drug-likeness (QED) is 0.731. The van der Waals surface area contributed by atoms with Crippen LogP contribution < -0.4 is 0 Å². The van der Waals surface area contributed by atoms with E-state index in [-0.39, 0.29) is 6.61 Å². The average molecular weight is 194 g/mol. The molecular formula is C10H10O2S. The maximum Gasteiger partial charge on any atom is 0.172 e. The molecule has 0 saturated carbocycles. The molecule has 0 unspecified atom stereocenters. The highest BCUT2D eigenvalue weighted by molar-refractivity contribution is 7.20. The van der Waals surface area contributed by atoms with Crippen molar-refractivity contribution in [2.75, 3.05) is 0 Å². The molecule has 0 aliphatic rings. The molecule has 0 spiro atoms. The van der Waals surface area contributed by atoms with Gasteiger partial charge in [0, 0.05) is 10.1 Å². The van der Waals surface area contributed by atoms with Gasteiger partial charge < -0.3 is 10.2 Å². The zero-order chi connectivity index (χ0) is 9.42. The van der Waals surface area contributed by atoms with Gasteiger partial charge in [-0.1, -0.05) is 23.5 Å². The normalized spacial score (nSPS) is 10.9. The zero-order valence-corrected chi connectivity index (χ0v) is 8.06. The van der Waals surface area contributed by atoms with Crippen LogP contribution in [0.2, 0.25) is 0 Å². The molecule has 68 valence electrons. The smallest absolute Gasteiger partial charge is 0.172 e. The Kier molecular flexibility index (Phi) is 1.98. The fourth-order valence-corrected chi connectivity index (χ4v) is 2.35. The lowest BCUT2D eigenvalue weighted by atomic mass is 10.1. The monoisotopic (exact) mass is 194 g/mol. The third-order valence-electron chi connectivity index (χ3n) is 2.13. The van der Waals surface area contributed by atoms with Crippen molar-refractivity contribution in [1.82, 2.24) is 0 Å². The fourth-order valence-electron chi connectivity index (χ4n) is 1.44.